The molecular formula is C11H25N. The summed E-state index contributed by atoms with van der Waals surface area (Å²) in [6, 6.07) is 0. The second-order valence-electron chi connectivity index (χ2n) is 5.93. The van der Waals surface area contributed by atoms with E-state index in [2.05, 4.69) is 41.5 Å². The van der Waals surface area contributed by atoms with E-state index in [4.69, 9.17) is 5.73 Å². The summed E-state index contributed by atoms with van der Waals surface area (Å²) < 4.78 is 0. The van der Waals surface area contributed by atoms with Crippen LogP contribution in [0.1, 0.15) is 54.4 Å². The van der Waals surface area contributed by atoms with Crippen molar-refractivity contribution in [3.63, 3.8) is 0 Å². The van der Waals surface area contributed by atoms with E-state index in [0.717, 1.165) is 12.3 Å². The normalized spacial score (nSPS) is 14.0. The van der Waals surface area contributed by atoms with Crippen molar-refractivity contribution in [3.8, 4) is 0 Å². The van der Waals surface area contributed by atoms with Crippen molar-refractivity contribution in [2.75, 3.05) is 0 Å². The van der Waals surface area contributed by atoms with Gasteiger partial charge in [0.05, 0.1) is 0 Å². The first-order valence-corrected chi connectivity index (χ1v) is 4.91. The molecule has 2 N–H and O–H groups in total. The summed E-state index contributed by atoms with van der Waals surface area (Å²) in [5, 5.41) is 0. The maximum Gasteiger partial charge on any atom is 0.0102 e. The molecule has 0 aromatic heterocycles. The maximum absolute atomic E-state index is 6.00. The Kier molecular flexibility index (Phi) is 3.77. The molecule has 0 aliphatic rings. The molecule has 0 fully saturated rings. The van der Waals surface area contributed by atoms with Crippen LogP contribution >= 0.6 is 0 Å². The Morgan fingerprint density at radius 2 is 1.50 bits per heavy atom. The standard InChI is InChI=1S/C11H25N/c1-9(2)7-10(3,4)8-11(5,6)12/h9H,7-8,12H2,1-6H3. The lowest BCUT2D eigenvalue weighted by molar-refractivity contribution is 0.215. The van der Waals surface area contributed by atoms with Gasteiger partial charge in [0.15, 0.2) is 0 Å². The van der Waals surface area contributed by atoms with Gasteiger partial charge < -0.3 is 5.73 Å². The van der Waals surface area contributed by atoms with Crippen molar-refractivity contribution in [2.45, 2.75) is 59.9 Å². The third kappa shape index (κ3) is 6.66. The first-order chi connectivity index (χ1) is 5.12. The Labute approximate surface area is 77.7 Å². The molecule has 1 nitrogen and oxygen atoms in total. The van der Waals surface area contributed by atoms with Crippen LogP contribution in [-0.2, 0) is 0 Å². The van der Waals surface area contributed by atoms with Crippen molar-refractivity contribution >= 4 is 0 Å². The molecule has 1 heteroatoms. The number of nitrogens with two attached hydrogens (primary N) is 1. The molecule has 0 aromatic rings. The highest BCUT2D eigenvalue weighted by Gasteiger charge is 2.26. The van der Waals surface area contributed by atoms with Crippen LogP contribution in [0.25, 0.3) is 0 Å². The fraction of sp³-hybridized carbons (Fsp3) is 1.00. The molecule has 0 atom stereocenters. The van der Waals surface area contributed by atoms with Gasteiger partial charge in [-0.05, 0) is 38.0 Å². The Morgan fingerprint density at radius 1 is 1.08 bits per heavy atom. The quantitative estimate of drug-likeness (QED) is 0.690. The number of rotatable bonds is 4. The van der Waals surface area contributed by atoms with Gasteiger partial charge in [0.2, 0.25) is 0 Å². The van der Waals surface area contributed by atoms with Crippen molar-refractivity contribution in [1.82, 2.24) is 0 Å². The summed E-state index contributed by atoms with van der Waals surface area (Å²) >= 11 is 0. The number of hydrogen-bond acceptors (Lipinski definition) is 1. The minimum absolute atomic E-state index is 0.0294. The van der Waals surface area contributed by atoms with E-state index in [1.165, 1.54) is 6.42 Å². The summed E-state index contributed by atoms with van der Waals surface area (Å²) in [5.74, 6) is 0.766. The highest BCUT2D eigenvalue weighted by Crippen LogP contribution is 2.32. The van der Waals surface area contributed by atoms with Crippen LogP contribution < -0.4 is 5.73 Å². The summed E-state index contributed by atoms with van der Waals surface area (Å²) in [6.45, 7) is 13.4. The molecule has 0 bridgehead atoms. The zero-order valence-electron chi connectivity index (χ0n) is 9.57. The average molecular weight is 171 g/mol. The molecule has 0 saturated carbocycles. The average Bonchev–Trinajstić information content (AvgIpc) is 1.48. The fourth-order valence-electron chi connectivity index (χ4n) is 2.41. The molecular weight excluding hydrogens is 146 g/mol. The minimum atomic E-state index is -0.0294. The largest absolute Gasteiger partial charge is 0.326 e. The molecule has 0 aromatic carbocycles. The molecule has 0 aliphatic heterocycles. The molecule has 0 heterocycles. The Hall–Kier alpha value is -0.0400. The first-order valence-electron chi connectivity index (χ1n) is 4.91. The van der Waals surface area contributed by atoms with Gasteiger partial charge in [-0.25, -0.2) is 0 Å². The molecule has 0 saturated heterocycles. The second kappa shape index (κ2) is 3.78. The predicted molar refractivity (Wildman–Crippen MR) is 56.1 cm³/mol. The summed E-state index contributed by atoms with van der Waals surface area (Å²) in [7, 11) is 0. The number of hydrogen-bond donors (Lipinski definition) is 1. The third-order valence-corrected chi connectivity index (χ3v) is 1.90. The Bertz CT molecular complexity index is 128. The van der Waals surface area contributed by atoms with Crippen LogP contribution in [0.2, 0.25) is 0 Å². The summed E-state index contributed by atoms with van der Waals surface area (Å²) in [5.41, 5.74) is 6.35. The molecule has 0 spiro atoms. The van der Waals surface area contributed by atoms with Crippen molar-refractivity contribution in [3.05, 3.63) is 0 Å². The second-order valence-corrected chi connectivity index (χ2v) is 5.93. The minimum Gasteiger partial charge on any atom is -0.326 e. The van der Waals surface area contributed by atoms with Crippen molar-refractivity contribution < 1.29 is 0 Å². The van der Waals surface area contributed by atoms with Crippen LogP contribution in [0.3, 0.4) is 0 Å². The zero-order chi connectivity index (χ0) is 9.99. The van der Waals surface area contributed by atoms with E-state index in [9.17, 15) is 0 Å². The Balaban J connectivity index is 4.04. The maximum atomic E-state index is 6.00. The van der Waals surface area contributed by atoms with E-state index in [-0.39, 0.29) is 5.54 Å². The molecule has 0 amide bonds. The van der Waals surface area contributed by atoms with E-state index in [1.54, 1.807) is 0 Å². The van der Waals surface area contributed by atoms with Crippen LogP contribution in [0, 0.1) is 11.3 Å². The van der Waals surface area contributed by atoms with Gasteiger partial charge in [-0.15, -0.1) is 0 Å². The molecule has 0 aliphatic carbocycles. The van der Waals surface area contributed by atoms with Gasteiger partial charge in [-0.2, -0.15) is 0 Å². The molecule has 12 heavy (non-hydrogen) atoms. The van der Waals surface area contributed by atoms with Gasteiger partial charge in [-0.3, -0.25) is 0 Å². The lowest BCUT2D eigenvalue weighted by Crippen LogP contribution is -2.37. The third-order valence-electron chi connectivity index (χ3n) is 1.90. The van der Waals surface area contributed by atoms with E-state index in [0.29, 0.717) is 5.41 Å². The Morgan fingerprint density at radius 3 is 1.75 bits per heavy atom. The van der Waals surface area contributed by atoms with Crippen LogP contribution in [0.15, 0.2) is 0 Å². The predicted octanol–water partition coefficient (Wildman–Crippen LogP) is 3.19. The van der Waals surface area contributed by atoms with Gasteiger partial charge in [0.1, 0.15) is 0 Å². The molecule has 0 radical (unpaired) electrons. The lowest BCUT2D eigenvalue weighted by Gasteiger charge is -2.33. The monoisotopic (exact) mass is 171 g/mol. The van der Waals surface area contributed by atoms with Gasteiger partial charge in [-0.1, -0.05) is 27.7 Å². The van der Waals surface area contributed by atoms with Crippen LogP contribution in [-0.4, -0.2) is 5.54 Å². The van der Waals surface area contributed by atoms with Crippen molar-refractivity contribution in [2.24, 2.45) is 17.1 Å². The van der Waals surface area contributed by atoms with Crippen LogP contribution in [0.4, 0.5) is 0 Å². The molecule has 74 valence electrons. The van der Waals surface area contributed by atoms with E-state index >= 15 is 0 Å². The van der Waals surface area contributed by atoms with Gasteiger partial charge >= 0.3 is 0 Å². The van der Waals surface area contributed by atoms with Gasteiger partial charge in [0, 0.05) is 5.54 Å². The zero-order valence-corrected chi connectivity index (χ0v) is 9.57. The van der Waals surface area contributed by atoms with Gasteiger partial charge in [0.25, 0.3) is 0 Å². The molecule has 0 rings (SSSR count). The van der Waals surface area contributed by atoms with Crippen LogP contribution in [0.5, 0.6) is 0 Å². The topological polar surface area (TPSA) is 26.0 Å². The fourth-order valence-corrected chi connectivity index (χ4v) is 2.41. The van der Waals surface area contributed by atoms with Crippen molar-refractivity contribution in [1.29, 1.82) is 0 Å². The summed E-state index contributed by atoms with van der Waals surface area (Å²) in [4.78, 5) is 0. The molecule has 0 unspecified atom stereocenters. The highest BCUT2D eigenvalue weighted by atomic mass is 14.7. The van der Waals surface area contributed by atoms with E-state index in [1.807, 2.05) is 0 Å². The SMILES string of the molecule is CC(C)CC(C)(C)CC(C)(C)N. The highest BCUT2D eigenvalue weighted by molar-refractivity contribution is 4.82. The lowest BCUT2D eigenvalue weighted by atomic mass is 9.75. The smallest absolute Gasteiger partial charge is 0.0102 e. The van der Waals surface area contributed by atoms with E-state index < -0.39 is 0 Å². The first kappa shape index (κ1) is 12.0. The summed E-state index contributed by atoms with van der Waals surface area (Å²) in [6.07, 6.45) is 2.35.